The van der Waals surface area contributed by atoms with Crippen molar-refractivity contribution in [2.24, 2.45) is 11.8 Å². The Kier molecular flexibility index (Phi) is 5.65. The van der Waals surface area contributed by atoms with Crippen LogP contribution in [0.15, 0.2) is 12.4 Å². The maximum absolute atomic E-state index is 13.4. The molecule has 2 amide bonds. The number of nitrogens with zero attached hydrogens (tertiary/aromatic N) is 3. The summed E-state index contributed by atoms with van der Waals surface area (Å²) >= 11 is 0. The molecule has 3 heterocycles. The van der Waals surface area contributed by atoms with Crippen molar-refractivity contribution in [1.82, 2.24) is 25.2 Å². The molecule has 2 aromatic heterocycles. The first-order valence-electron chi connectivity index (χ1n) is 11.7. The predicted octanol–water partition coefficient (Wildman–Crippen LogP) is 2.35. The average molecular weight is 426 g/mol. The SMILES string of the molecule is O=C(NC(C(=O)N1CCC(CO)C1)C1CCCCC1)c1c[nH]c2ncc(C3CC3)nc12. The molecule has 2 atom stereocenters. The summed E-state index contributed by atoms with van der Waals surface area (Å²) in [5.41, 5.74) is 2.57. The van der Waals surface area contributed by atoms with Crippen molar-refractivity contribution in [3.63, 3.8) is 0 Å². The molecule has 0 aromatic carbocycles. The lowest BCUT2D eigenvalue weighted by atomic mass is 9.83. The number of aromatic amines is 1. The van der Waals surface area contributed by atoms with Crippen molar-refractivity contribution >= 4 is 23.0 Å². The van der Waals surface area contributed by atoms with E-state index >= 15 is 0 Å². The van der Waals surface area contributed by atoms with Gasteiger partial charge in [-0.25, -0.2) is 9.97 Å². The van der Waals surface area contributed by atoms with Crippen LogP contribution in [0, 0.1) is 11.8 Å². The van der Waals surface area contributed by atoms with Crippen LogP contribution >= 0.6 is 0 Å². The molecule has 8 heteroatoms. The number of hydrogen-bond acceptors (Lipinski definition) is 5. The molecule has 5 rings (SSSR count). The number of carbonyl (C=O) groups is 2. The molecular weight excluding hydrogens is 394 g/mol. The van der Waals surface area contributed by atoms with Crippen LogP contribution in [-0.4, -0.2) is 62.5 Å². The van der Waals surface area contributed by atoms with Gasteiger partial charge < -0.3 is 20.3 Å². The smallest absolute Gasteiger partial charge is 0.255 e. The Hall–Kier alpha value is -2.48. The number of aromatic nitrogens is 3. The van der Waals surface area contributed by atoms with Gasteiger partial charge in [-0.3, -0.25) is 9.59 Å². The number of amides is 2. The molecule has 3 aliphatic rings. The highest BCUT2D eigenvalue weighted by molar-refractivity contribution is 6.06. The van der Waals surface area contributed by atoms with E-state index in [9.17, 15) is 14.7 Å². The minimum atomic E-state index is -0.533. The highest BCUT2D eigenvalue weighted by Crippen LogP contribution is 2.39. The number of hydrogen-bond donors (Lipinski definition) is 3. The molecule has 0 bridgehead atoms. The van der Waals surface area contributed by atoms with Gasteiger partial charge in [-0.05, 0) is 38.0 Å². The van der Waals surface area contributed by atoms with Gasteiger partial charge in [0.2, 0.25) is 5.91 Å². The quantitative estimate of drug-likeness (QED) is 0.658. The third-order valence-electron chi connectivity index (χ3n) is 7.17. The summed E-state index contributed by atoms with van der Waals surface area (Å²) in [6.07, 6.45) is 11.8. The largest absolute Gasteiger partial charge is 0.396 e. The first kappa shape index (κ1) is 20.4. The number of likely N-dealkylation sites (tertiary alicyclic amines) is 1. The number of rotatable bonds is 6. The third-order valence-corrected chi connectivity index (χ3v) is 7.17. The van der Waals surface area contributed by atoms with Crippen LogP contribution in [0.5, 0.6) is 0 Å². The minimum absolute atomic E-state index is 0.0132. The zero-order valence-corrected chi connectivity index (χ0v) is 17.8. The summed E-state index contributed by atoms with van der Waals surface area (Å²) in [5.74, 6) is 0.457. The highest BCUT2D eigenvalue weighted by Gasteiger charge is 2.37. The number of aliphatic hydroxyl groups excluding tert-OH is 1. The first-order chi connectivity index (χ1) is 15.1. The molecule has 3 fully saturated rings. The lowest BCUT2D eigenvalue weighted by Gasteiger charge is -2.32. The Labute approximate surface area is 181 Å². The van der Waals surface area contributed by atoms with Crippen molar-refractivity contribution in [3.05, 3.63) is 23.7 Å². The third kappa shape index (κ3) is 4.18. The Morgan fingerprint density at radius 3 is 2.71 bits per heavy atom. The number of fused-ring (bicyclic) bond motifs is 1. The number of aliphatic hydroxyl groups is 1. The minimum Gasteiger partial charge on any atom is -0.396 e. The van der Waals surface area contributed by atoms with Crippen LogP contribution in [0.3, 0.4) is 0 Å². The molecule has 3 N–H and O–H groups in total. The van der Waals surface area contributed by atoms with E-state index in [2.05, 4.69) is 15.3 Å². The van der Waals surface area contributed by atoms with Crippen LogP contribution in [0.4, 0.5) is 0 Å². The Morgan fingerprint density at radius 1 is 1.19 bits per heavy atom. The van der Waals surface area contributed by atoms with E-state index in [-0.39, 0.29) is 30.3 Å². The fraction of sp³-hybridized carbons (Fsp3) is 0.652. The van der Waals surface area contributed by atoms with Crippen molar-refractivity contribution in [1.29, 1.82) is 0 Å². The molecule has 2 aromatic rings. The molecule has 0 spiro atoms. The molecular formula is C23H31N5O3. The van der Waals surface area contributed by atoms with Crippen LogP contribution in [0.25, 0.3) is 11.2 Å². The number of carbonyl (C=O) groups excluding carboxylic acids is 2. The predicted molar refractivity (Wildman–Crippen MR) is 115 cm³/mol. The van der Waals surface area contributed by atoms with Crippen LogP contribution < -0.4 is 5.32 Å². The maximum Gasteiger partial charge on any atom is 0.255 e. The van der Waals surface area contributed by atoms with Gasteiger partial charge in [0.25, 0.3) is 5.91 Å². The molecule has 2 aliphatic carbocycles. The summed E-state index contributed by atoms with van der Waals surface area (Å²) in [7, 11) is 0. The summed E-state index contributed by atoms with van der Waals surface area (Å²) in [4.78, 5) is 40.7. The van der Waals surface area contributed by atoms with Crippen LogP contribution in [0.1, 0.15) is 73.3 Å². The van der Waals surface area contributed by atoms with Gasteiger partial charge in [0, 0.05) is 37.7 Å². The second-order valence-electron chi connectivity index (χ2n) is 9.44. The molecule has 166 valence electrons. The van der Waals surface area contributed by atoms with Gasteiger partial charge >= 0.3 is 0 Å². The van der Waals surface area contributed by atoms with Gasteiger partial charge in [-0.15, -0.1) is 0 Å². The van der Waals surface area contributed by atoms with Gasteiger partial charge in [0.05, 0.1) is 17.5 Å². The summed E-state index contributed by atoms with van der Waals surface area (Å²) in [5, 5.41) is 12.5. The van der Waals surface area contributed by atoms with Gasteiger partial charge in [-0.1, -0.05) is 19.3 Å². The molecule has 2 unspecified atom stereocenters. The highest BCUT2D eigenvalue weighted by atomic mass is 16.3. The average Bonchev–Trinajstić information content (AvgIpc) is 3.39. The van der Waals surface area contributed by atoms with Crippen molar-refractivity contribution < 1.29 is 14.7 Å². The van der Waals surface area contributed by atoms with E-state index in [4.69, 9.17) is 4.98 Å². The van der Waals surface area contributed by atoms with E-state index in [0.29, 0.717) is 35.7 Å². The maximum atomic E-state index is 13.4. The monoisotopic (exact) mass is 425 g/mol. The summed E-state index contributed by atoms with van der Waals surface area (Å²) < 4.78 is 0. The van der Waals surface area contributed by atoms with Gasteiger partial charge in [0.15, 0.2) is 5.65 Å². The van der Waals surface area contributed by atoms with E-state index in [1.54, 1.807) is 12.4 Å². The first-order valence-corrected chi connectivity index (χ1v) is 11.7. The second kappa shape index (κ2) is 8.57. The van der Waals surface area contributed by atoms with Crippen molar-refractivity contribution in [3.8, 4) is 0 Å². The summed E-state index contributed by atoms with van der Waals surface area (Å²) in [6.45, 7) is 1.31. The normalized spacial score (nSPS) is 23.3. The zero-order chi connectivity index (χ0) is 21.4. The van der Waals surface area contributed by atoms with Crippen molar-refractivity contribution in [2.75, 3.05) is 19.7 Å². The molecule has 0 radical (unpaired) electrons. The number of nitrogens with one attached hydrogen (secondary N) is 2. The molecule has 31 heavy (non-hydrogen) atoms. The topological polar surface area (TPSA) is 111 Å². The molecule has 1 aliphatic heterocycles. The Bertz CT molecular complexity index is 963. The number of H-pyrrole nitrogens is 1. The summed E-state index contributed by atoms with van der Waals surface area (Å²) in [6, 6.07) is -0.533. The van der Waals surface area contributed by atoms with E-state index in [1.165, 1.54) is 6.42 Å². The van der Waals surface area contributed by atoms with Crippen molar-refractivity contribution in [2.45, 2.75) is 63.3 Å². The standard InChI is InChI=1S/C23H31N5O3/c29-13-14-8-9-28(12-14)23(31)19(16-4-2-1-3-5-16)27-22(30)17-10-24-21-20(17)26-18(11-25-21)15-6-7-15/h10-11,14-16,19,29H,1-9,12-13H2,(H,24,25)(H,27,30). The van der Waals surface area contributed by atoms with Crippen LogP contribution in [-0.2, 0) is 4.79 Å². The fourth-order valence-electron chi connectivity index (χ4n) is 5.10. The molecule has 8 nitrogen and oxygen atoms in total. The van der Waals surface area contributed by atoms with E-state index < -0.39 is 6.04 Å². The van der Waals surface area contributed by atoms with Gasteiger partial charge in [-0.2, -0.15) is 0 Å². The lowest BCUT2D eigenvalue weighted by Crippen LogP contribution is -2.52. The van der Waals surface area contributed by atoms with E-state index in [0.717, 1.165) is 50.6 Å². The van der Waals surface area contributed by atoms with E-state index in [1.807, 2.05) is 4.90 Å². The molecule has 1 saturated heterocycles. The zero-order valence-electron chi connectivity index (χ0n) is 17.8. The lowest BCUT2D eigenvalue weighted by molar-refractivity contribution is -0.134. The Balaban J connectivity index is 1.38. The second-order valence-corrected chi connectivity index (χ2v) is 9.44. The van der Waals surface area contributed by atoms with Gasteiger partial charge in [0.1, 0.15) is 11.6 Å². The fourth-order valence-corrected chi connectivity index (χ4v) is 5.10. The van der Waals surface area contributed by atoms with Crippen LogP contribution in [0.2, 0.25) is 0 Å². The molecule has 2 saturated carbocycles. The Morgan fingerprint density at radius 2 is 2.00 bits per heavy atom.